The zero-order valence-corrected chi connectivity index (χ0v) is 13.8. The van der Waals surface area contributed by atoms with Crippen LogP contribution in [-0.2, 0) is 9.53 Å². The first-order chi connectivity index (χ1) is 11.1. The highest BCUT2D eigenvalue weighted by molar-refractivity contribution is 5.86. The van der Waals surface area contributed by atoms with E-state index in [2.05, 4.69) is 27.3 Å². The first kappa shape index (κ1) is 16.2. The second kappa shape index (κ2) is 6.84. The molecule has 3 heterocycles. The number of anilines is 1. The average molecular weight is 318 g/mol. The molecule has 2 aliphatic heterocycles. The van der Waals surface area contributed by atoms with Gasteiger partial charge in [-0.25, -0.2) is 4.98 Å². The topological polar surface area (TPSA) is 80.5 Å². The van der Waals surface area contributed by atoms with E-state index in [1.807, 2.05) is 13.1 Å². The van der Waals surface area contributed by atoms with Gasteiger partial charge in [-0.15, -0.1) is 0 Å². The molecule has 126 valence electrons. The van der Waals surface area contributed by atoms with Gasteiger partial charge in [0.15, 0.2) is 0 Å². The molecule has 0 spiro atoms. The van der Waals surface area contributed by atoms with Gasteiger partial charge in [0.25, 0.3) is 0 Å². The number of hydrogen-bond acceptors (Lipinski definition) is 5. The van der Waals surface area contributed by atoms with Crippen molar-refractivity contribution in [3.05, 3.63) is 23.9 Å². The zero-order valence-electron chi connectivity index (χ0n) is 13.8. The number of aryl methyl sites for hydroxylation is 1. The highest BCUT2D eigenvalue weighted by Crippen LogP contribution is 2.21. The van der Waals surface area contributed by atoms with Gasteiger partial charge < -0.3 is 20.7 Å². The SMILES string of the molecule is Cc1ccc(N2CCC(NC(=O)C3(N)CCOCC3)CC2)nc1. The van der Waals surface area contributed by atoms with Crippen molar-refractivity contribution in [2.45, 2.75) is 44.2 Å². The van der Waals surface area contributed by atoms with Crippen molar-refractivity contribution in [2.75, 3.05) is 31.2 Å². The van der Waals surface area contributed by atoms with Gasteiger partial charge >= 0.3 is 0 Å². The second-order valence-corrected chi connectivity index (χ2v) is 6.70. The van der Waals surface area contributed by atoms with Crippen LogP contribution in [0.1, 0.15) is 31.2 Å². The van der Waals surface area contributed by atoms with Crippen molar-refractivity contribution in [2.24, 2.45) is 5.73 Å². The van der Waals surface area contributed by atoms with Crippen LogP contribution in [0.15, 0.2) is 18.3 Å². The number of rotatable bonds is 3. The smallest absolute Gasteiger partial charge is 0.240 e. The van der Waals surface area contributed by atoms with E-state index in [4.69, 9.17) is 10.5 Å². The van der Waals surface area contributed by atoms with Gasteiger partial charge in [0.2, 0.25) is 5.91 Å². The first-order valence-electron chi connectivity index (χ1n) is 8.42. The maximum atomic E-state index is 12.5. The Hall–Kier alpha value is -1.66. The predicted molar refractivity (Wildman–Crippen MR) is 89.3 cm³/mol. The van der Waals surface area contributed by atoms with Crippen LogP contribution in [0.2, 0.25) is 0 Å². The van der Waals surface area contributed by atoms with Gasteiger partial charge in [-0.3, -0.25) is 4.79 Å². The molecule has 6 nitrogen and oxygen atoms in total. The van der Waals surface area contributed by atoms with Crippen molar-refractivity contribution in [1.82, 2.24) is 10.3 Å². The van der Waals surface area contributed by atoms with Gasteiger partial charge in [-0.2, -0.15) is 0 Å². The Kier molecular flexibility index (Phi) is 4.82. The van der Waals surface area contributed by atoms with Crippen LogP contribution < -0.4 is 16.0 Å². The summed E-state index contributed by atoms with van der Waals surface area (Å²) in [6.45, 7) is 4.99. The lowest BCUT2D eigenvalue weighted by molar-refractivity contribution is -0.130. The van der Waals surface area contributed by atoms with Crippen LogP contribution >= 0.6 is 0 Å². The summed E-state index contributed by atoms with van der Waals surface area (Å²) >= 11 is 0. The van der Waals surface area contributed by atoms with E-state index >= 15 is 0 Å². The fourth-order valence-electron chi connectivity index (χ4n) is 3.19. The second-order valence-electron chi connectivity index (χ2n) is 6.70. The summed E-state index contributed by atoms with van der Waals surface area (Å²) in [5.41, 5.74) is 6.65. The van der Waals surface area contributed by atoms with Crippen LogP contribution in [0.3, 0.4) is 0 Å². The average Bonchev–Trinajstić information content (AvgIpc) is 2.57. The van der Waals surface area contributed by atoms with Crippen molar-refractivity contribution in [1.29, 1.82) is 0 Å². The summed E-state index contributed by atoms with van der Waals surface area (Å²) in [6, 6.07) is 4.34. The Morgan fingerprint density at radius 1 is 1.35 bits per heavy atom. The number of ether oxygens (including phenoxy) is 1. The molecule has 3 rings (SSSR count). The maximum absolute atomic E-state index is 12.5. The highest BCUT2D eigenvalue weighted by Gasteiger charge is 2.37. The Morgan fingerprint density at radius 2 is 2.04 bits per heavy atom. The fourth-order valence-corrected chi connectivity index (χ4v) is 3.19. The Bertz CT molecular complexity index is 532. The summed E-state index contributed by atoms with van der Waals surface area (Å²) in [5, 5.41) is 3.14. The van der Waals surface area contributed by atoms with Gasteiger partial charge in [0, 0.05) is 38.5 Å². The monoisotopic (exact) mass is 318 g/mol. The molecule has 1 aromatic heterocycles. The molecular formula is C17H26N4O2. The molecule has 2 saturated heterocycles. The molecule has 0 atom stereocenters. The predicted octanol–water partition coefficient (Wildman–Crippen LogP) is 0.983. The summed E-state index contributed by atoms with van der Waals surface area (Å²) in [4.78, 5) is 19.2. The number of carbonyl (C=O) groups excluding carboxylic acids is 1. The van der Waals surface area contributed by atoms with Gasteiger partial charge in [-0.1, -0.05) is 6.07 Å². The standard InChI is InChI=1S/C17H26N4O2/c1-13-2-3-15(19-12-13)21-8-4-14(5-9-21)20-16(22)17(18)6-10-23-11-7-17/h2-3,12,14H,4-11,18H2,1H3,(H,20,22). The van der Waals surface area contributed by atoms with Crippen LogP contribution in [0.5, 0.6) is 0 Å². The van der Waals surface area contributed by atoms with E-state index in [0.29, 0.717) is 26.1 Å². The minimum atomic E-state index is -0.756. The van der Waals surface area contributed by atoms with Crippen molar-refractivity contribution >= 4 is 11.7 Å². The number of piperidine rings is 1. The van der Waals surface area contributed by atoms with Crippen LogP contribution in [-0.4, -0.2) is 48.8 Å². The molecule has 6 heteroatoms. The summed E-state index contributed by atoms with van der Waals surface area (Å²) < 4.78 is 5.30. The molecule has 0 unspecified atom stereocenters. The minimum absolute atomic E-state index is 0.0206. The van der Waals surface area contributed by atoms with E-state index in [0.717, 1.165) is 31.7 Å². The number of pyridine rings is 1. The fraction of sp³-hybridized carbons (Fsp3) is 0.647. The zero-order chi connectivity index (χ0) is 16.3. The van der Waals surface area contributed by atoms with Gasteiger partial charge in [0.05, 0.1) is 5.54 Å². The molecular weight excluding hydrogens is 292 g/mol. The molecule has 1 amide bonds. The van der Waals surface area contributed by atoms with Crippen molar-refractivity contribution in [3.8, 4) is 0 Å². The number of nitrogens with zero attached hydrogens (tertiary/aromatic N) is 2. The van der Waals surface area contributed by atoms with Crippen molar-refractivity contribution < 1.29 is 9.53 Å². The van der Waals surface area contributed by atoms with Gasteiger partial charge in [-0.05, 0) is 44.2 Å². The lowest BCUT2D eigenvalue weighted by Crippen LogP contribution is -2.59. The largest absolute Gasteiger partial charge is 0.381 e. The molecule has 2 fully saturated rings. The highest BCUT2D eigenvalue weighted by atomic mass is 16.5. The van der Waals surface area contributed by atoms with Gasteiger partial charge in [0.1, 0.15) is 5.82 Å². The summed E-state index contributed by atoms with van der Waals surface area (Å²) in [6.07, 6.45) is 4.95. The molecule has 3 N–H and O–H groups in total. The summed E-state index contributed by atoms with van der Waals surface area (Å²) in [5.74, 6) is 0.993. The quantitative estimate of drug-likeness (QED) is 0.868. The normalized spacial score (nSPS) is 21.9. The molecule has 0 aromatic carbocycles. The van der Waals surface area contributed by atoms with Crippen molar-refractivity contribution in [3.63, 3.8) is 0 Å². The Labute approximate surface area is 137 Å². The van der Waals surface area contributed by atoms with E-state index in [-0.39, 0.29) is 11.9 Å². The molecule has 1 aromatic rings. The molecule has 23 heavy (non-hydrogen) atoms. The Morgan fingerprint density at radius 3 is 2.65 bits per heavy atom. The van der Waals surface area contributed by atoms with E-state index in [9.17, 15) is 4.79 Å². The lowest BCUT2D eigenvalue weighted by atomic mass is 9.89. The molecule has 2 aliphatic rings. The number of carbonyl (C=O) groups is 1. The minimum Gasteiger partial charge on any atom is -0.381 e. The van der Waals surface area contributed by atoms with E-state index < -0.39 is 5.54 Å². The molecule has 0 radical (unpaired) electrons. The van der Waals surface area contributed by atoms with E-state index in [1.54, 1.807) is 0 Å². The number of aromatic nitrogens is 1. The molecule has 0 aliphatic carbocycles. The number of amides is 1. The summed E-state index contributed by atoms with van der Waals surface area (Å²) in [7, 11) is 0. The maximum Gasteiger partial charge on any atom is 0.240 e. The number of hydrogen-bond donors (Lipinski definition) is 2. The molecule has 0 saturated carbocycles. The van der Waals surface area contributed by atoms with Crippen LogP contribution in [0.25, 0.3) is 0 Å². The number of nitrogens with one attached hydrogen (secondary N) is 1. The third-order valence-electron chi connectivity index (χ3n) is 4.89. The Balaban J connectivity index is 1.51. The molecule has 0 bridgehead atoms. The van der Waals surface area contributed by atoms with E-state index in [1.165, 1.54) is 5.56 Å². The third-order valence-corrected chi connectivity index (χ3v) is 4.89. The van der Waals surface area contributed by atoms with Crippen LogP contribution in [0.4, 0.5) is 5.82 Å². The van der Waals surface area contributed by atoms with Crippen LogP contribution in [0, 0.1) is 6.92 Å². The first-order valence-corrected chi connectivity index (χ1v) is 8.42. The lowest BCUT2D eigenvalue weighted by Gasteiger charge is -2.37. The number of nitrogens with two attached hydrogens (primary N) is 1. The third kappa shape index (κ3) is 3.82.